The second-order valence-corrected chi connectivity index (χ2v) is 13.9. The molecule has 6 amide bonds. The normalized spacial score (nSPS) is 10.0. The van der Waals surface area contributed by atoms with E-state index in [1.807, 2.05) is 0 Å². The Labute approximate surface area is 329 Å². The van der Waals surface area contributed by atoms with E-state index in [0.29, 0.717) is 52.1 Å². The number of thiol groups is 2. The highest BCUT2D eigenvalue weighted by Gasteiger charge is 2.15. The summed E-state index contributed by atoms with van der Waals surface area (Å²) in [4.78, 5) is 95.3. The van der Waals surface area contributed by atoms with Crippen molar-refractivity contribution in [3.8, 4) is 0 Å². The first-order valence-electron chi connectivity index (χ1n) is 16.9. The number of nitrogens with zero attached hydrogens (tertiary/aromatic N) is 2. The maximum absolute atomic E-state index is 12.4. The first kappa shape index (κ1) is 53.2. The molecular formula is C32H59ClN6O8S4. The molecule has 0 aromatic heterocycles. The molecule has 4 N–H and O–H groups in total. The van der Waals surface area contributed by atoms with E-state index in [9.17, 15) is 38.4 Å². The Kier molecular flexibility index (Phi) is 37.8. The van der Waals surface area contributed by atoms with Gasteiger partial charge in [-0.25, -0.2) is 0 Å². The summed E-state index contributed by atoms with van der Waals surface area (Å²) in [6.07, 6.45) is 6.64. The SMILES string of the molecule is CCCCCC(=O)N(CCNC(=O)CS)CCNC(=O)CS.CCCCCC(=O)N(CCNC(=O)CSC(C)=O)CCNC(=O)CSC(C)=O.Cl. The van der Waals surface area contributed by atoms with Crippen LogP contribution in [0.5, 0.6) is 0 Å². The lowest BCUT2D eigenvalue weighted by Gasteiger charge is -2.23. The zero-order chi connectivity index (χ0) is 38.2. The maximum atomic E-state index is 12.4. The average Bonchev–Trinajstić information content (AvgIpc) is 3.08. The van der Waals surface area contributed by atoms with Crippen LogP contribution in [0.15, 0.2) is 0 Å². The van der Waals surface area contributed by atoms with E-state index in [-0.39, 0.29) is 94.2 Å². The van der Waals surface area contributed by atoms with Crippen molar-refractivity contribution in [1.82, 2.24) is 31.1 Å². The highest BCUT2D eigenvalue weighted by molar-refractivity contribution is 8.14. The topological polar surface area (TPSA) is 191 Å². The van der Waals surface area contributed by atoms with Crippen molar-refractivity contribution in [3.05, 3.63) is 0 Å². The lowest BCUT2D eigenvalue weighted by Crippen LogP contribution is -2.43. The van der Waals surface area contributed by atoms with Gasteiger partial charge in [0, 0.05) is 79.0 Å². The van der Waals surface area contributed by atoms with Gasteiger partial charge in [0.2, 0.25) is 35.4 Å². The molecule has 0 aromatic rings. The van der Waals surface area contributed by atoms with E-state index in [4.69, 9.17) is 0 Å². The third kappa shape index (κ3) is 34.7. The Morgan fingerprint density at radius 2 is 0.804 bits per heavy atom. The molecule has 0 rings (SSSR count). The Bertz CT molecular complexity index is 1000. The quantitative estimate of drug-likeness (QED) is 0.0557. The largest absolute Gasteiger partial charge is 0.354 e. The smallest absolute Gasteiger partial charge is 0.230 e. The number of unbranched alkanes of at least 4 members (excludes halogenated alkanes) is 4. The molecule has 0 saturated heterocycles. The number of carbonyl (C=O) groups excluding carboxylic acids is 8. The molecule has 0 aliphatic carbocycles. The number of halogens is 1. The lowest BCUT2D eigenvalue weighted by molar-refractivity contribution is -0.132. The van der Waals surface area contributed by atoms with Crippen LogP contribution in [-0.2, 0) is 38.4 Å². The van der Waals surface area contributed by atoms with Gasteiger partial charge in [0.15, 0.2) is 10.2 Å². The monoisotopic (exact) mass is 818 g/mol. The number of carbonyl (C=O) groups is 8. The number of hydrogen-bond acceptors (Lipinski definition) is 12. The van der Waals surface area contributed by atoms with E-state index < -0.39 is 0 Å². The molecule has 0 unspecified atom stereocenters. The van der Waals surface area contributed by atoms with Gasteiger partial charge in [-0.05, 0) is 12.8 Å². The van der Waals surface area contributed by atoms with Crippen LogP contribution in [0.3, 0.4) is 0 Å². The minimum absolute atomic E-state index is 0. The fourth-order valence-electron chi connectivity index (χ4n) is 3.96. The molecule has 14 nitrogen and oxygen atoms in total. The van der Waals surface area contributed by atoms with Crippen LogP contribution >= 0.6 is 61.2 Å². The van der Waals surface area contributed by atoms with Crippen LogP contribution in [0, 0.1) is 0 Å². The van der Waals surface area contributed by atoms with Gasteiger partial charge in [-0.1, -0.05) is 63.1 Å². The first-order chi connectivity index (χ1) is 23.8. The van der Waals surface area contributed by atoms with Crippen LogP contribution < -0.4 is 21.3 Å². The molecule has 0 aliphatic heterocycles. The van der Waals surface area contributed by atoms with Gasteiger partial charge >= 0.3 is 0 Å². The fraction of sp³-hybridized carbons (Fsp3) is 0.750. The van der Waals surface area contributed by atoms with Gasteiger partial charge in [0.05, 0.1) is 23.0 Å². The second-order valence-electron chi connectivity index (χ2n) is 11.0. The van der Waals surface area contributed by atoms with Crippen molar-refractivity contribution in [1.29, 1.82) is 0 Å². The lowest BCUT2D eigenvalue weighted by atomic mass is 10.2. The van der Waals surface area contributed by atoms with E-state index in [1.54, 1.807) is 9.80 Å². The van der Waals surface area contributed by atoms with Crippen molar-refractivity contribution < 1.29 is 38.4 Å². The summed E-state index contributed by atoms with van der Waals surface area (Å²) in [7, 11) is 0. The number of rotatable bonds is 26. The van der Waals surface area contributed by atoms with Gasteiger partial charge in [-0.15, -0.1) is 12.4 Å². The molecule has 0 atom stereocenters. The van der Waals surface area contributed by atoms with E-state index in [1.165, 1.54) is 13.8 Å². The van der Waals surface area contributed by atoms with Crippen LogP contribution in [0.1, 0.15) is 79.1 Å². The summed E-state index contributed by atoms with van der Waals surface area (Å²) in [5.41, 5.74) is 0. The third-order valence-corrected chi connectivity index (χ3v) is 8.81. The van der Waals surface area contributed by atoms with Crippen molar-refractivity contribution in [3.63, 3.8) is 0 Å². The number of hydrogen-bond donors (Lipinski definition) is 6. The van der Waals surface area contributed by atoms with Gasteiger partial charge in [-0.3, -0.25) is 38.4 Å². The van der Waals surface area contributed by atoms with Crippen LogP contribution in [0.4, 0.5) is 0 Å². The minimum atomic E-state index is -0.256. The minimum Gasteiger partial charge on any atom is -0.354 e. The fourth-order valence-corrected chi connectivity index (χ4v) is 5.06. The van der Waals surface area contributed by atoms with Crippen molar-refractivity contribution in [2.24, 2.45) is 0 Å². The predicted octanol–water partition coefficient (Wildman–Crippen LogP) is 2.10. The molecule has 0 fully saturated rings. The van der Waals surface area contributed by atoms with Crippen molar-refractivity contribution in [2.45, 2.75) is 79.1 Å². The third-order valence-electron chi connectivity index (χ3n) is 6.61. The molecule has 296 valence electrons. The Morgan fingerprint density at radius 3 is 1.06 bits per heavy atom. The van der Waals surface area contributed by atoms with Gasteiger partial charge in [0.1, 0.15) is 0 Å². The number of thioether (sulfide) groups is 2. The molecule has 0 spiro atoms. The van der Waals surface area contributed by atoms with Crippen molar-refractivity contribution >= 4 is 107 Å². The molecule has 0 aromatic carbocycles. The molecular weight excluding hydrogens is 760 g/mol. The standard InChI is InChI=1S/C18H31N3O5S2.C14H27N3O3S2.ClH/c1-4-5-6-7-18(26)21(10-8-19-16(24)12-27-14(2)22)11-9-20-17(25)13-28-15(3)23;1-2-3-4-5-14(20)17(8-6-15-12(18)10-21)9-7-16-13(19)11-22;/h4-13H2,1-3H3,(H,19,24)(H,20,25);21-22H,2-11H2,1H3,(H,15,18)(H,16,19);1H. The molecule has 0 aliphatic rings. The Morgan fingerprint density at radius 1 is 0.510 bits per heavy atom. The molecule has 0 bridgehead atoms. The van der Waals surface area contributed by atoms with Crippen LogP contribution in [-0.4, -0.2) is 131 Å². The Hall–Kier alpha value is -2.15. The van der Waals surface area contributed by atoms with Gasteiger partial charge in [-0.2, -0.15) is 25.3 Å². The second kappa shape index (κ2) is 36.2. The molecule has 0 heterocycles. The van der Waals surface area contributed by atoms with Gasteiger partial charge in [0.25, 0.3) is 0 Å². The molecule has 51 heavy (non-hydrogen) atoms. The first-order valence-corrected chi connectivity index (χ1v) is 20.1. The van der Waals surface area contributed by atoms with Crippen LogP contribution in [0.2, 0.25) is 0 Å². The van der Waals surface area contributed by atoms with Crippen LogP contribution in [0.25, 0.3) is 0 Å². The highest BCUT2D eigenvalue weighted by atomic mass is 35.5. The highest BCUT2D eigenvalue weighted by Crippen LogP contribution is 2.05. The van der Waals surface area contributed by atoms with E-state index >= 15 is 0 Å². The molecule has 0 radical (unpaired) electrons. The summed E-state index contributed by atoms with van der Waals surface area (Å²) in [6.45, 7) is 9.82. The maximum Gasteiger partial charge on any atom is 0.230 e. The zero-order valence-corrected chi connectivity index (χ0v) is 34.7. The zero-order valence-electron chi connectivity index (χ0n) is 30.4. The summed E-state index contributed by atoms with van der Waals surface area (Å²) in [5, 5.41) is 10.5. The van der Waals surface area contributed by atoms with E-state index in [2.05, 4.69) is 60.4 Å². The summed E-state index contributed by atoms with van der Waals surface area (Å²) >= 11 is 9.63. The van der Waals surface area contributed by atoms with Crippen molar-refractivity contribution in [2.75, 3.05) is 75.4 Å². The predicted molar refractivity (Wildman–Crippen MR) is 215 cm³/mol. The number of amides is 6. The Balaban J connectivity index is -0.000000911. The molecule has 19 heteroatoms. The summed E-state index contributed by atoms with van der Waals surface area (Å²) in [5.74, 6) is -0.434. The van der Waals surface area contributed by atoms with Gasteiger partial charge < -0.3 is 31.1 Å². The average molecular weight is 820 g/mol. The number of nitrogens with one attached hydrogen (secondary N) is 4. The summed E-state index contributed by atoms with van der Waals surface area (Å²) < 4.78 is 0. The van der Waals surface area contributed by atoms with E-state index in [0.717, 1.165) is 62.0 Å². The molecule has 0 saturated carbocycles. The summed E-state index contributed by atoms with van der Waals surface area (Å²) in [6, 6.07) is 0.